The molecule has 178 valence electrons. The molecule has 0 aromatic heterocycles. The van der Waals surface area contributed by atoms with Gasteiger partial charge in [-0.2, -0.15) is 0 Å². The third-order valence-corrected chi connectivity index (χ3v) is 5.64. The van der Waals surface area contributed by atoms with Crippen molar-refractivity contribution in [2.24, 2.45) is 10.9 Å². The van der Waals surface area contributed by atoms with Crippen LogP contribution >= 0.6 is 24.0 Å². The van der Waals surface area contributed by atoms with Crippen LogP contribution in [0, 0.1) is 11.7 Å². The van der Waals surface area contributed by atoms with Crippen LogP contribution in [0.3, 0.4) is 0 Å². The van der Waals surface area contributed by atoms with Gasteiger partial charge in [0.15, 0.2) is 17.5 Å². The summed E-state index contributed by atoms with van der Waals surface area (Å²) in [7, 11) is 1.48. The zero-order valence-electron chi connectivity index (χ0n) is 19.2. The van der Waals surface area contributed by atoms with Crippen molar-refractivity contribution in [3.8, 4) is 5.75 Å². The molecule has 2 rings (SSSR count). The Hall–Kier alpha value is -1.13. The number of nitrogens with zero attached hydrogens (tertiary/aromatic N) is 2. The lowest BCUT2D eigenvalue weighted by molar-refractivity contribution is 0.198. The second-order valence-corrected chi connectivity index (χ2v) is 8.05. The maximum absolute atomic E-state index is 13.9. The molecule has 1 aromatic rings. The van der Waals surface area contributed by atoms with Crippen LogP contribution in [0.1, 0.15) is 51.5 Å². The second kappa shape index (κ2) is 15.6. The number of nitrogens with one attached hydrogen (secondary N) is 2. The average molecular weight is 551 g/mol. The molecule has 1 saturated heterocycles. The fraction of sp³-hybridized carbons (Fsp3) is 0.696. The van der Waals surface area contributed by atoms with Crippen molar-refractivity contribution in [2.75, 3.05) is 39.9 Å². The molecule has 1 aromatic carbocycles. The lowest BCUT2D eigenvalue weighted by atomic mass is 10.0. The van der Waals surface area contributed by atoms with Gasteiger partial charge in [-0.15, -0.1) is 24.0 Å². The third-order valence-electron chi connectivity index (χ3n) is 5.64. The Morgan fingerprint density at radius 1 is 1.29 bits per heavy atom. The molecule has 3 N–H and O–H groups in total. The van der Waals surface area contributed by atoms with Crippen LogP contribution in [0.25, 0.3) is 0 Å². The molecule has 8 heteroatoms. The summed E-state index contributed by atoms with van der Waals surface area (Å²) in [5, 5.41) is 16.2. The number of likely N-dealkylation sites (tertiary alicyclic amines) is 1. The number of guanidine groups is 1. The molecule has 0 radical (unpaired) electrons. The minimum absolute atomic E-state index is 0. The molecule has 1 unspecified atom stereocenters. The van der Waals surface area contributed by atoms with E-state index in [-0.39, 0.29) is 42.2 Å². The minimum atomic E-state index is -0.305. The molecule has 1 fully saturated rings. The number of hydrogen-bond acceptors (Lipinski definition) is 4. The van der Waals surface area contributed by atoms with E-state index in [2.05, 4.69) is 29.4 Å². The fourth-order valence-electron chi connectivity index (χ4n) is 3.95. The molecule has 0 aliphatic carbocycles. The lowest BCUT2D eigenvalue weighted by Crippen LogP contribution is -2.48. The summed E-state index contributed by atoms with van der Waals surface area (Å²) in [6.45, 7) is 8.72. The van der Waals surface area contributed by atoms with E-state index in [9.17, 15) is 9.50 Å². The predicted molar refractivity (Wildman–Crippen MR) is 136 cm³/mol. The highest BCUT2D eigenvalue weighted by Gasteiger charge is 2.20. The molecule has 0 spiro atoms. The number of methoxy groups -OCH3 is 1. The number of benzene rings is 1. The van der Waals surface area contributed by atoms with Gasteiger partial charge in [-0.25, -0.2) is 4.39 Å². The fourth-order valence-corrected chi connectivity index (χ4v) is 3.95. The number of hydrogen-bond donors (Lipinski definition) is 3. The number of rotatable bonds is 11. The van der Waals surface area contributed by atoms with E-state index < -0.39 is 0 Å². The molecule has 1 heterocycles. The van der Waals surface area contributed by atoms with Gasteiger partial charge in [-0.1, -0.05) is 19.4 Å². The van der Waals surface area contributed by atoms with Crippen molar-refractivity contribution in [2.45, 2.75) is 58.5 Å². The van der Waals surface area contributed by atoms with Crippen LogP contribution in [-0.4, -0.2) is 61.9 Å². The SMILES string of the molecule is CCCC(CCO)CN=C(NCC)NC1CCN(Cc2ccc(OC)c(F)c2)CC1.I. The third kappa shape index (κ3) is 9.91. The Labute approximate surface area is 204 Å². The zero-order valence-corrected chi connectivity index (χ0v) is 21.5. The monoisotopic (exact) mass is 550 g/mol. The first-order chi connectivity index (χ1) is 14.6. The summed E-state index contributed by atoms with van der Waals surface area (Å²) in [4.78, 5) is 7.14. The van der Waals surface area contributed by atoms with E-state index in [1.807, 2.05) is 6.07 Å². The van der Waals surface area contributed by atoms with E-state index in [0.717, 1.165) is 76.4 Å². The quantitative estimate of drug-likeness (QED) is 0.223. The molecule has 31 heavy (non-hydrogen) atoms. The highest BCUT2D eigenvalue weighted by molar-refractivity contribution is 14.0. The largest absolute Gasteiger partial charge is 0.494 e. The van der Waals surface area contributed by atoms with E-state index in [1.165, 1.54) is 7.11 Å². The Balaban J connectivity index is 0.00000480. The number of aliphatic hydroxyl groups is 1. The standard InChI is InChI=1S/C23H39FN4O2.HI/c1-4-6-18(11-14-29)16-26-23(25-5-2)27-20-9-12-28(13-10-20)17-19-7-8-22(30-3)21(24)15-19;/h7-8,15,18,20,29H,4-6,9-14,16-17H2,1-3H3,(H2,25,26,27);1H. The maximum atomic E-state index is 13.9. The van der Waals surface area contributed by atoms with Crippen molar-refractivity contribution < 1.29 is 14.2 Å². The number of piperidine rings is 1. The van der Waals surface area contributed by atoms with Crippen LogP contribution in [0.15, 0.2) is 23.2 Å². The Bertz CT molecular complexity index is 648. The van der Waals surface area contributed by atoms with Gasteiger partial charge >= 0.3 is 0 Å². The van der Waals surface area contributed by atoms with Crippen molar-refractivity contribution in [3.63, 3.8) is 0 Å². The number of halogens is 2. The van der Waals surface area contributed by atoms with Crippen LogP contribution in [0.2, 0.25) is 0 Å². The van der Waals surface area contributed by atoms with E-state index >= 15 is 0 Å². The summed E-state index contributed by atoms with van der Waals surface area (Å²) in [6, 6.07) is 5.58. The predicted octanol–water partition coefficient (Wildman–Crippen LogP) is 3.77. The van der Waals surface area contributed by atoms with Gasteiger partial charge in [-0.3, -0.25) is 9.89 Å². The topological polar surface area (TPSA) is 69.1 Å². The van der Waals surface area contributed by atoms with Crippen molar-refractivity contribution >= 4 is 29.9 Å². The van der Waals surface area contributed by atoms with E-state index in [4.69, 9.17) is 9.73 Å². The summed E-state index contributed by atoms with van der Waals surface area (Å²) < 4.78 is 18.9. The molecule has 1 atom stereocenters. The Morgan fingerprint density at radius 3 is 2.61 bits per heavy atom. The molecular formula is C23H40FIN4O2. The number of ether oxygens (including phenoxy) is 1. The zero-order chi connectivity index (χ0) is 21.8. The van der Waals surface area contributed by atoms with Gasteiger partial charge < -0.3 is 20.5 Å². The maximum Gasteiger partial charge on any atom is 0.191 e. The molecule has 1 aliphatic heterocycles. The van der Waals surface area contributed by atoms with Gasteiger partial charge in [0.2, 0.25) is 0 Å². The second-order valence-electron chi connectivity index (χ2n) is 8.05. The van der Waals surface area contributed by atoms with Gasteiger partial charge in [0, 0.05) is 45.4 Å². The molecule has 6 nitrogen and oxygen atoms in total. The highest BCUT2D eigenvalue weighted by atomic mass is 127. The average Bonchev–Trinajstić information content (AvgIpc) is 2.74. The summed E-state index contributed by atoms with van der Waals surface area (Å²) in [5.41, 5.74) is 0.973. The van der Waals surface area contributed by atoms with Gasteiger partial charge in [-0.05, 0) is 56.2 Å². The van der Waals surface area contributed by atoms with Gasteiger partial charge in [0.1, 0.15) is 0 Å². The van der Waals surface area contributed by atoms with Crippen molar-refractivity contribution in [1.82, 2.24) is 15.5 Å². The highest BCUT2D eigenvalue weighted by Crippen LogP contribution is 2.20. The van der Waals surface area contributed by atoms with Crippen LogP contribution in [0.4, 0.5) is 4.39 Å². The summed E-state index contributed by atoms with van der Waals surface area (Å²) in [6.07, 6.45) is 5.06. The van der Waals surface area contributed by atoms with Gasteiger partial charge in [0.25, 0.3) is 0 Å². The Morgan fingerprint density at radius 2 is 2.03 bits per heavy atom. The van der Waals surface area contributed by atoms with Crippen molar-refractivity contribution in [1.29, 1.82) is 0 Å². The Kier molecular flexibility index (Phi) is 14.1. The van der Waals surface area contributed by atoms with E-state index in [1.54, 1.807) is 12.1 Å². The first-order valence-corrected chi connectivity index (χ1v) is 11.3. The van der Waals surface area contributed by atoms with Crippen molar-refractivity contribution in [3.05, 3.63) is 29.6 Å². The summed E-state index contributed by atoms with van der Waals surface area (Å²) >= 11 is 0. The molecule has 0 saturated carbocycles. The lowest BCUT2D eigenvalue weighted by Gasteiger charge is -2.33. The van der Waals surface area contributed by atoms with Crippen LogP contribution < -0.4 is 15.4 Å². The number of aliphatic imine (C=N–C) groups is 1. The van der Waals surface area contributed by atoms with Crippen LogP contribution in [0.5, 0.6) is 5.75 Å². The number of aliphatic hydroxyl groups excluding tert-OH is 1. The molecule has 1 aliphatic rings. The first-order valence-electron chi connectivity index (χ1n) is 11.3. The van der Waals surface area contributed by atoms with E-state index in [0.29, 0.717) is 12.0 Å². The summed E-state index contributed by atoms with van der Waals surface area (Å²) in [5.74, 6) is 1.28. The molecular weight excluding hydrogens is 510 g/mol. The first kappa shape index (κ1) is 27.9. The molecule has 0 amide bonds. The van der Waals surface area contributed by atoms with Crippen LogP contribution in [-0.2, 0) is 6.54 Å². The molecule has 0 bridgehead atoms. The van der Waals surface area contributed by atoms with Gasteiger partial charge in [0.05, 0.1) is 7.11 Å². The normalized spacial score (nSPS) is 16.5. The smallest absolute Gasteiger partial charge is 0.191 e. The minimum Gasteiger partial charge on any atom is -0.494 e.